The van der Waals surface area contributed by atoms with E-state index in [2.05, 4.69) is 33.8 Å². The Labute approximate surface area is 202 Å². The van der Waals surface area contributed by atoms with Crippen LogP contribution in [0.2, 0.25) is 5.02 Å². The summed E-state index contributed by atoms with van der Waals surface area (Å²) >= 11 is 7.38. The van der Waals surface area contributed by atoms with Crippen molar-refractivity contribution >= 4 is 65.3 Å². The minimum Gasteiger partial charge on any atom is -0.365 e. The van der Waals surface area contributed by atoms with Crippen LogP contribution in [0.1, 0.15) is 19.4 Å². The van der Waals surface area contributed by atoms with Gasteiger partial charge in [0.15, 0.2) is 0 Å². The summed E-state index contributed by atoms with van der Waals surface area (Å²) in [5.41, 5.74) is 3.12. The first-order chi connectivity index (χ1) is 15.7. The Hall–Kier alpha value is -2.39. The molecule has 4 aromatic rings. The van der Waals surface area contributed by atoms with Crippen LogP contribution in [0.25, 0.3) is 21.0 Å². The van der Waals surface area contributed by atoms with Crippen molar-refractivity contribution in [2.45, 2.75) is 37.1 Å². The average Bonchev–Trinajstić information content (AvgIpc) is 3.11. The third kappa shape index (κ3) is 4.17. The van der Waals surface area contributed by atoms with Gasteiger partial charge in [-0.1, -0.05) is 11.6 Å². The van der Waals surface area contributed by atoms with Crippen LogP contribution >= 0.6 is 22.9 Å². The van der Waals surface area contributed by atoms with Gasteiger partial charge in [-0.2, -0.15) is 0 Å². The van der Waals surface area contributed by atoms with Gasteiger partial charge in [0.25, 0.3) is 10.0 Å². The fourth-order valence-electron chi connectivity index (χ4n) is 4.43. The van der Waals surface area contributed by atoms with E-state index in [1.54, 1.807) is 12.1 Å². The minimum atomic E-state index is -3.76. The number of nitrogens with zero attached hydrogens (tertiary/aromatic N) is 2. The van der Waals surface area contributed by atoms with Gasteiger partial charge >= 0.3 is 0 Å². The highest BCUT2D eigenvalue weighted by Gasteiger charge is 2.25. The Morgan fingerprint density at radius 3 is 2.79 bits per heavy atom. The second kappa shape index (κ2) is 8.43. The molecule has 0 bridgehead atoms. The summed E-state index contributed by atoms with van der Waals surface area (Å²) in [4.78, 5) is 6.86. The zero-order valence-corrected chi connectivity index (χ0v) is 21.0. The molecule has 2 aromatic heterocycles. The standard InChI is InChI=1S/C24H25ClN4O2S2/c1-14-13-29(15(2)12-27-14)22-8-9-26-21-6-5-18(11-20(21)22)28-33(30,31)24-16(3)19-10-17(25)4-7-23(19)32-24/h4-11,14-15,27-28H,12-13H2,1-3H3/t14-,15+/m1/s1. The van der Waals surface area contributed by atoms with E-state index in [-0.39, 0.29) is 0 Å². The van der Waals surface area contributed by atoms with E-state index in [9.17, 15) is 8.42 Å². The monoisotopic (exact) mass is 500 g/mol. The molecule has 2 atom stereocenters. The normalized spacial score (nSPS) is 19.3. The predicted molar refractivity (Wildman–Crippen MR) is 138 cm³/mol. The fraction of sp³-hybridized carbons (Fsp3) is 0.292. The summed E-state index contributed by atoms with van der Waals surface area (Å²) in [5.74, 6) is 0. The van der Waals surface area contributed by atoms with Gasteiger partial charge in [-0.3, -0.25) is 9.71 Å². The van der Waals surface area contributed by atoms with Gasteiger partial charge in [0.1, 0.15) is 4.21 Å². The van der Waals surface area contributed by atoms with Crippen LogP contribution in [0.5, 0.6) is 0 Å². The maximum absolute atomic E-state index is 13.3. The topological polar surface area (TPSA) is 74.3 Å². The molecule has 1 aliphatic rings. The molecule has 1 saturated heterocycles. The van der Waals surface area contributed by atoms with Gasteiger partial charge in [0.05, 0.1) is 5.52 Å². The van der Waals surface area contributed by atoms with E-state index >= 15 is 0 Å². The molecule has 1 fully saturated rings. The maximum Gasteiger partial charge on any atom is 0.271 e. The lowest BCUT2D eigenvalue weighted by molar-refractivity contribution is 0.426. The molecule has 0 aliphatic carbocycles. The van der Waals surface area contributed by atoms with Crippen LogP contribution in [0.15, 0.2) is 52.9 Å². The highest BCUT2D eigenvalue weighted by atomic mass is 35.5. The lowest BCUT2D eigenvalue weighted by Gasteiger charge is -2.39. The van der Waals surface area contributed by atoms with Crippen LogP contribution in [0.3, 0.4) is 0 Å². The molecule has 2 aromatic carbocycles. The molecule has 9 heteroatoms. The van der Waals surface area contributed by atoms with E-state index in [4.69, 9.17) is 11.6 Å². The highest BCUT2D eigenvalue weighted by Crippen LogP contribution is 2.37. The molecule has 0 radical (unpaired) electrons. The number of thiophene rings is 1. The van der Waals surface area contributed by atoms with Crippen LogP contribution in [0, 0.1) is 6.92 Å². The van der Waals surface area contributed by atoms with E-state index in [1.165, 1.54) is 11.3 Å². The van der Waals surface area contributed by atoms with Crippen LogP contribution in [-0.4, -0.2) is 38.6 Å². The zero-order valence-electron chi connectivity index (χ0n) is 18.6. The summed E-state index contributed by atoms with van der Waals surface area (Å²) in [6.45, 7) is 7.95. The smallest absolute Gasteiger partial charge is 0.271 e. The van der Waals surface area contributed by atoms with Crippen molar-refractivity contribution < 1.29 is 8.42 Å². The van der Waals surface area contributed by atoms with E-state index in [0.29, 0.717) is 32.6 Å². The number of piperazine rings is 1. The molecule has 3 heterocycles. The van der Waals surface area contributed by atoms with Crippen molar-refractivity contribution in [3.8, 4) is 0 Å². The molecule has 0 saturated carbocycles. The van der Waals surface area contributed by atoms with Crippen molar-refractivity contribution in [1.82, 2.24) is 10.3 Å². The number of sulfonamides is 1. The van der Waals surface area contributed by atoms with Crippen LogP contribution in [0.4, 0.5) is 11.4 Å². The van der Waals surface area contributed by atoms with Crippen LogP contribution < -0.4 is 14.9 Å². The molecule has 2 N–H and O–H groups in total. The number of fused-ring (bicyclic) bond motifs is 2. The molecule has 5 rings (SSSR count). The lowest BCUT2D eigenvalue weighted by Crippen LogP contribution is -2.54. The second-order valence-corrected chi connectivity index (χ2v) is 12.0. The van der Waals surface area contributed by atoms with Crippen molar-refractivity contribution in [3.63, 3.8) is 0 Å². The van der Waals surface area contributed by atoms with Gasteiger partial charge in [-0.25, -0.2) is 8.42 Å². The zero-order chi connectivity index (χ0) is 23.3. The molecule has 0 amide bonds. The molecular formula is C24H25ClN4O2S2. The van der Waals surface area contributed by atoms with Gasteiger partial charge in [-0.05, 0) is 74.2 Å². The Balaban J connectivity index is 1.54. The number of halogens is 1. The third-order valence-corrected chi connectivity index (χ3v) is 9.65. The second-order valence-electron chi connectivity index (χ2n) is 8.63. The number of aromatic nitrogens is 1. The lowest BCUT2D eigenvalue weighted by atomic mass is 10.1. The average molecular weight is 501 g/mol. The number of nitrogens with one attached hydrogen (secondary N) is 2. The Morgan fingerprint density at radius 1 is 1.15 bits per heavy atom. The molecule has 6 nitrogen and oxygen atoms in total. The summed E-state index contributed by atoms with van der Waals surface area (Å²) in [7, 11) is -3.76. The summed E-state index contributed by atoms with van der Waals surface area (Å²) in [6, 6.07) is 13.7. The quantitative estimate of drug-likeness (QED) is 0.392. The number of benzene rings is 2. The van der Waals surface area contributed by atoms with Gasteiger partial charge in [-0.15, -0.1) is 11.3 Å². The summed E-state index contributed by atoms with van der Waals surface area (Å²) < 4.78 is 30.6. The third-order valence-electron chi connectivity index (χ3n) is 6.14. The van der Waals surface area contributed by atoms with E-state index in [0.717, 1.165) is 39.8 Å². The molecule has 172 valence electrons. The number of anilines is 2. The Kier molecular flexibility index (Phi) is 5.73. The van der Waals surface area contributed by atoms with E-state index < -0.39 is 10.0 Å². The van der Waals surface area contributed by atoms with Gasteiger partial charge < -0.3 is 10.2 Å². The first-order valence-corrected chi connectivity index (χ1v) is 13.5. The molecule has 33 heavy (non-hydrogen) atoms. The Bertz CT molecular complexity index is 1470. The largest absolute Gasteiger partial charge is 0.365 e. The van der Waals surface area contributed by atoms with Crippen molar-refractivity contribution in [2.24, 2.45) is 0 Å². The minimum absolute atomic E-state index is 0.302. The van der Waals surface area contributed by atoms with Crippen molar-refractivity contribution in [3.05, 3.63) is 59.2 Å². The molecular weight excluding hydrogens is 476 g/mol. The summed E-state index contributed by atoms with van der Waals surface area (Å²) in [5, 5.41) is 5.88. The Morgan fingerprint density at radius 2 is 1.97 bits per heavy atom. The number of pyridine rings is 1. The number of rotatable bonds is 4. The van der Waals surface area contributed by atoms with Crippen LogP contribution in [-0.2, 0) is 10.0 Å². The fourth-order valence-corrected chi connectivity index (χ4v) is 7.40. The molecule has 0 unspecified atom stereocenters. The number of hydrogen-bond donors (Lipinski definition) is 2. The predicted octanol–water partition coefficient (Wildman–Crippen LogP) is 5.40. The number of aryl methyl sites for hydroxylation is 1. The molecule has 0 spiro atoms. The first kappa shape index (κ1) is 22.4. The molecule has 1 aliphatic heterocycles. The van der Waals surface area contributed by atoms with Gasteiger partial charge in [0, 0.05) is 57.9 Å². The van der Waals surface area contributed by atoms with Crippen molar-refractivity contribution in [1.29, 1.82) is 0 Å². The van der Waals surface area contributed by atoms with Crippen molar-refractivity contribution in [2.75, 3.05) is 22.7 Å². The maximum atomic E-state index is 13.3. The SMILES string of the molecule is Cc1c(S(=O)(=O)Nc2ccc3nccc(N4C[C@@H](C)NC[C@@H]4C)c3c2)sc2ccc(Cl)cc12. The summed E-state index contributed by atoms with van der Waals surface area (Å²) in [6.07, 6.45) is 1.81. The first-order valence-electron chi connectivity index (χ1n) is 10.8. The highest BCUT2D eigenvalue weighted by molar-refractivity contribution is 7.94. The number of hydrogen-bond acceptors (Lipinski definition) is 6. The van der Waals surface area contributed by atoms with E-state index in [1.807, 2.05) is 43.5 Å². The van der Waals surface area contributed by atoms with Gasteiger partial charge in [0.2, 0.25) is 0 Å².